The van der Waals surface area contributed by atoms with E-state index in [1.54, 1.807) is 44.2 Å². The van der Waals surface area contributed by atoms with Gasteiger partial charge in [0, 0.05) is 19.2 Å². The number of anilines is 2. The third kappa shape index (κ3) is 4.66. The molecule has 0 saturated carbocycles. The van der Waals surface area contributed by atoms with Crippen molar-refractivity contribution in [2.24, 2.45) is 0 Å². The molecule has 0 spiro atoms. The third-order valence-corrected chi connectivity index (χ3v) is 3.16. The highest BCUT2D eigenvalue weighted by Crippen LogP contribution is 2.22. The van der Waals surface area contributed by atoms with Crippen molar-refractivity contribution in [1.29, 1.82) is 0 Å². The van der Waals surface area contributed by atoms with E-state index in [0.29, 0.717) is 5.69 Å². The number of aromatic nitrogens is 2. The number of halogens is 1. The minimum atomic E-state index is -1.23. The Morgan fingerprint density at radius 1 is 1.17 bits per heavy atom. The molecule has 2 aromatic heterocycles. The molecule has 0 fully saturated rings. The van der Waals surface area contributed by atoms with Gasteiger partial charge in [-0.1, -0.05) is 17.7 Å². The van der Waals surface area contributed by atoms with Crippen molar-refractivity contribution in [3.05, 3.63) is 41.7 Å². The molecule has 0 atom stereocenters. The van der Waals surface area contributed by atoms with Gasteiger partial charge in [-0.25, -0.2) is 9.97 Å². The molecule has 2 aromatic rings. The zero-order valence-electron chi connectivity index (χ0n) is 13.5. The van der Waals surface area contributed by atoms with E-state index in [9.17, 15) is 9.59 Å². The van der Waals surface area contributed by atoms with Crippen LogP contribution in [0.4, 0.5) is 11.5 Å². The lowest BCUT2D eigenvalue weighted by Gasteiger charge is -2.24. The van der Waals surface area contributed by atoms with Gasteiger partial charge in [0.05, 0.1) is 5.69 Å². The molecule has 8 heteroatoms. The van der Waals surface area contributed by atoms with Crippen molar-refractivity contribution in [3.8, 4) is 5.88 Å². The normalized spacial score (nSPS) is 10.8. The Kier molecular flexibility index (Phi) is 5.35. The standard InChI is InChI=1S/C16H17ClN4O3/c1-10(22)19-11-6-5-9-18-14(11)21-15(23)16(2,3)24-13-8-4-7-12(17)20-13/h4-9H,1-3H3,(H,19,22)(H,18,21,23). The SMILES string of the molecule is CC(=O)Nc1cccnc1NC(=O)C(C)(C)Oc1cccc(Cl)n1. The predicted octanol–water partition coefficient (Wildman–Crippen LogP) is 2.88. The minimum Gasteiger partial charge on any atom is -0.461 e. The van der Waals surface area contributed by atoms with Crippen LogP contribution < -0.4 is 15.4 Å². The van der Waals surface area contributed by atoms with Gasteiger partial charge in [-0.3, -0.25) is 9.59 Å². The fourth-order valence-corrected chi connectivity index (χ4v) is 1.96. The Bertz CT molecular complexity index is 764. The zero-order chi connectivity index (χ0) is 17.7. The Balaban J connectivity index is 2.15. The maximum Gasteiger partial charge on any atom is 0.269 e. The van der Waals surface area contributed by atoms with Crippen molar-refractivity contribution in [2.75, 3.05) is 10.6 Å². The Morgan fingerprint density at radius 2 is 1.92 bits per heavy atom. The van der Waals surface area contributed by atoms with E-state index in [1.807, 2.05) is 0 Å². The highest BCUT2D eigenvalue weighted by atomic mass is 35.5. The molecule has 2 heterocycles. The van der Waals surface area contributed by atoms with Crippen LogP contribution in [0.3, 0.4) is 0 Å². The summed E-state index contributed by atoms with van der Waals surface area (Å²) in [4.78, 5) is 31.8. The molecule has 2 amide bonds. The number of ether oxygens (including phenoxy) is 1. The molecule has 0 radical (unpaired) electrons. The highest BCUT2D eigenvalue weighted by molar-refractivity contribution is 6.29. The molecule has 7 nitrogen and oxygen atoms in total. The molecule has 24 heavy (non-hydrogen) atoms. The Morgan fingerprint density at radius 3 is 2.58 bits per heavy atom. The van der Waals surface area contributed by atoms with Crippen molar-refractivity contribution < 1.29 is 14.3 Å². The maximum absolute atomic E-state index is 12.5. The molecule has 0 aliphatic carbocycles. The number of carbonyl (C=O) groups excluding carboxylic acids is 2. The van der Waals surface area contributed by atoms with Crippen LogP contribution in [0.15, 0.2) is 36.5 Å². The monoisotopic (exact) mass is 348 g/mol. The van der Waals surface area contributed by atoms with E-state index in [4.69, 9.17) is 16.3 Å². The van der Waals surface area contributed by atoms with Gasteiger partial charge in [0.2, 0.25) is 11.8 Å². The quantitative estimate of drug-likeness (QED) is 0.810. The van der Waals surface area contributed by atoms with Crippen LogP contribution in [-0.2, 0) is 9.59 Å². The molecule has 126 valence electrons. The third-order valence-electron chi connectivity index (χ3n) is 2.95. The number of rotatable bonds is 5. The number of amides is 2. The number of hydrogen-bond donors (Lipinski definition) is 2. The number of pyridine rings is 2. The molecule has 0 aromatic carbocycles. The largest absolute Gasteiger partial charge is 0.461 e. The molecule has 0 unspecified atom stereocenters. The van der Waals surface area contributed by atoms with Gasteiger partial charge in [0.15, 0.2) is 11.4 Å². The van der Waals surface area contributed by atoms with Gasteiger partial charge >= 0.3 is 0 Å². The van der Waals surface area contributed by atoms with Gasteiger partial charge in [0.1, 0.15) is 5.15 Å². The van der Waals surface area contributed by atoms with E-state index >= 15 is 0 Å². The van der Waals surface area contributed by atoms with Crippen LogP contribution in [0.5, 0.6) is 5.88 Å². The van der Waals surface area contributed by atoms with Crippen LogP contribution in [0.25, 0.3) is 0 Å². The van der Waals surface area contributed by atoms with Gasteiger partial charge in [-0.05, 0) is 32.0 Å². The molecular formula is C16H17ClN4O3. The summed E-state index contributed by atoms with van der Waals surface area (Å²) in [7, 11) is 0. The van der Waals surface area contributed by atoms with E-state index in [0.717, 1.165) is 0 Å². The lowest BCUT2D eigenvalue weighted by atomic mass is 10.1. The summed E-state index contributed by atoms with van der Waals surface area (Å²) in [5.41, 5.74) is -0.835. The van der Waals surface area contributed by atoms with Crippen molar-refractivity contribution >= 4 is 34.9 Å². The Hall–Kier alpha value is -2.67. The van der Waals surface area contributed by atoms with Crippen LogP contribution in [0.1, 0.15) is 20.8 Å². The highest BCUT2D eigenvalue weighted by Gasteiger charge is 2.31. The summed E-state index contributed by atoms with van der Waals surface area (Å²) in [5.74, 6) is -0.258. The minimum absolute atomic E-state index is 0.228. The molecule has 0 aliphatic rings. The average Bonchev–Trinajstić information content (AvgIpc) is 2.48. The van der Waals surface area contributed by atoms with Crippen molar-refractivity contribution in [2.45, 2.75) is 26.4 Å². The Labute approximate surface area is 144 Å². The van der Waals surface area contributed by atoms with E-state index < -0.39 is 11.5 Å². The summed E-state index contributed by atoms with van der Waals surface area (Å²) in [6, 6.07) is 8.17. The predicted molar refractivity (Wildman–Crippen MR) is 91.1 cm³/mol. The first-order valence-electron chi connectivity index (χ1n) is 7.13. The van der Waals surface area contributed by atoms with Crippen molar-refractivity contribution in [3.63, 3.8) is 0 Å². The lowest BCUT2D eigenvalue weighted by molar-refractivity contribution is -0.128. The lowest BCUT2D eigenvalue weighted by Crippen LogP contribution is -2.43. The second kappa shape index (κ2) is 7.27. The number of nitrogens with zero attached hydrogens (tertiary/aromatic N) is 2. The van der Waals surface area contributed by atoms with Gasteiger partial charge in [-0.15, -0.1) is 0 Å². The maximum atomic E-state index is 12.5. The second-order valence-corrected chi connectivity index (χ2v) is 5.83. The van der Waals surface area contributed by atoms with Crippen LogP contribution in [0.2, 0.25) is 5.15 Å². The summed E-state index contributed by atoms with van der Waals surface area (Å²) in [6.45, 7) is 4.55. The summed E-state index contributed by atoms with van der Waals surface area (Å²) in [5, 5.41) is 5.51. The topological polar surface area (TPSA) is 93.2 Å². The van der Waals surface area contributed by atoms with Gasteiger partial charge in [-0.2, -0.15) is 0 Å². The number of nitrogens with one attached hydrogen (secondary N) is 2. The summed E-state index contributed by atoms with van der Waals surface area (Å²) < 4.78 is 5.61. The van der Waals surface area contributed by atoms with Crippen LogP contribution >= 0.6 is 11.6 Å². The van der Waals surface area contributed by atoms with Crippen LogP contribution in [0, 0.1) is 0 Å². The molecule has 2 N–H and O–H groups in total. The first-order valence-corrected chi connectivity index (χ1v) is 7.51. The van der Waals surface area contributed by atoms with Crippen molar-refractivity contribution in [1.82, 2.24) is 9.97 Å². The van der Waals surface area contributed by atoms with Gasteiger partial charge < -0.3 is 15.4 Å². The molecular weight excluding hydrogens is 332 g/mol. The molecule has 0 bridgehead atoms. The second-order valence-electron chi connectivity index (χ2n) is 5.45. The molecule has 0 aliphatic heterocycles. The van der Waals surface area contributed by atoms with E-state index in [-0.39, 0.29) is 22.8 Å². The smallest absolute Gasteiger partial charge is 0.269 e. The van der Waals surface area contributed by atoms with Gasteiger partial charge in [0.25, 0.3) is 5.91 Å². The zero-order valence-corrected chi connectivity index (χ0v) is 14.2. The summed E-state index contributed by atoms with van der Waals surface area (Å²) in [6.07, 6.45) is 1.51. The first kappa shape index (κ1) is 17.7. The van der Waals surface area contributed by atoms with E-state index in [1.165, 1.54) is 13.1 Å². The fourth-order valence-electron chi connectivity index (χ4n) is 1.81. The fraction of sp³-hybridized carbons (Fsp3) is 0.250. The average molecular weight is 349 g/mol. The molecule has 2 rings (SSSR count). The number of hydrogen-bond acceptors (Lipinski definition) is 5. The van der Waals surface area contributed by atoms with Crippen LogP contribution in [-0.4, -0.2) is 27.4 Å². The molecule has 0 saturated heterocycles. The first-order chi connectivity index (χ1) is 11.3. The van der Waals surface area contributed by atoms with E-state index in [2.05, 4.69) is 20.6 Å². The number of carbonyl (C=O) groups is 2. The summed E-state index contributed by atoms with van der Waals surface area (Å²) >= 11 is 5.81.